The zero-order chi connectivity index (χ0) is 12.5. The smallest absolute Gasteiger partial charge is 0.206 e. The second kappa shape index (κ2) is 4.10. The van der Waals surface area contributed by atoms with Gasteiger partial charge in [0.25, 0.3) is 0 Å². The van der Waals surface area contributed by atoms with Gasteiger partial charge in [-0.1, -0.05) is 18.2 Å². The van der Waals surface area contributed by atoms with Crippen molar-refractivity contribution >= 4 is 21.2 Å². The van der Waals surface area contributed by atoms with E-state index in [9.17, 15) is 8.42 Å². The molecule has 0 amide bonds. The molecule has 0 aliphatic rings. The Morgan fingerprint density at radius 3 is 2.00 bits per heavy atom. The molecule has 0 aliphatic carbocycles. The summed E-state index contributed by atoms with van der Waals surface area (Å²) in [7, 11) is -3.51. The van der Waals surface area contributed by atoms with Gasteiger partial charge >= 0.3 is 0 Å². The van der Waals surface area contributed by atoms with Crippen LogP contribution in [0.4, 0.5) is 11.4 Å². The molecule has 2 aromatic rings. The van der Waals surface area contributed by atoms with E-state index in [-0.39, 0.29) is 15.5 Å². The van der Waals surface area contributed by atoms with Crippen molar-refractivity contribution in [2.45, 2.75) is 9.79 Å². The number of nitrogens with two attached hydrogens (primary N) is 2. The van der Waals surface area contributed by atoms with Crippen molar-refractivity contribution in [3.63, 3.8) is 0 Å². The maximum atomic E-state index is 12.2. The standard InChI is InChI=1S/C12H12N2O2S/c13-11-7-6-10(8-12(11)14)17(15,16)9-4-2-1-3-5-9/h1-8H,13-14H2. The second-order valence-corrected chi connectivity index (χ2v) is 5.56. The third-order valence-corrected chi connectivity index (χ3v) is 4.19. The van der Waals surface area contributed by atoms with E-state index in [4.69, 9.17) is 11.5 Å². The van der Waals surface area contributed by atoms with Gasteiger partial charge in [-0.15, -0.1) is 0 Å². The highest BCUT2D eigenvalue weighted by Gasteiger charge is 2.17. The predicted molar refractivity (Wildman–Crippen MR) is 67.2 cm³/mol. The zero-order valence-corrected chi connectivity index (χ0v) is 9.81. The molecule has 0 radical (unpaired) electrons. The Labute approximate surface area is 99.8 Å². The Morgan fingerprint density at radius 1 is 0.765 bits per heavy atom. The van der Waals surface area contributed by atoms with Crippen LogP contribution in [0.3, 0.4) is 0 Å². The molecule has 2 aromatic carbocycles. The fraction of sp³-hybridized carbons (Fsp3) is 0. The van der Waals surface area contributed by atoms with E-state index in [1.54, 1.807) is 30.3 Å². The Morgan fingerprint density at radius 2 is 1.41 bits per heavy atom. The minimum atomic E-state index is -3.51. The first-order valence-electron chi connectivity index (χ1n) is 4.97. The Hall–Kier alpha value is -2.01. The Kier molecular flexibility index (Phi) is 2.77. The molecular weight excluding hydrogens is 236 g/mol. The van der Waals surface area contributed by atoms with Crippen LogP contribution in [0.15, 0.2) is 58.3 Å². The number of hydrogen-bond acceptors (Lipinski definition) is 4. The first-order valence-corrected chi connectivity index (χ1v) is 6.45. The van der Waals surface area contributed by atoms with Gasteiger partial charge in [-0.25, -0.2) is 8.42 Å². The summed E-state index contributed by atoms with van der Waals surface area (Å²) >= 11 is 0. The lowest BCUT2D eigenvalue weighted by Gasteiger charge is -2.06. The fourth-order valence-electron chi connectivity index (χ4n) is 1.46. The van der Waals surface area contributed by atoms with Gasteiger partial charge in [0.05, 0.1) is 21.2 Å². The third kappa shape index (κ3) is 2.09. The van der Waals surface area contributed by atoms with Crippen LogP contribution in [0.1, 0.15) is 0 Å². The highest BCUT2D eigenvalue weighted by Crippen LogP contribution is 2.25. The predicted octanol–water partition coefficient (Wildman–Crippen LogP) is 1.68. The summed E-state index contributed by atoms with van der Waals surface area (Å²) in [6, 6.07) is 12.5. The Bertz CT molecular complexity index is 637. The van der Waals surface area contributed by atoms with Crippen LogP contribution in [-0.2, 0) is 9.84 Å². The molecule has 0 saturated heterocycles. The van der Waals surface area contributed by atoms with Crippen LogP contribution in [0, 0.1) is 0 Å². The van der Waals surface area contributed by atoms with Crippen molar-refractivity contribution in [2.24, 2.45) is 0 Å². The monoisotopic (exact) mass is 248 g/mol. The van der Waals surface area contributed by atoms with Crippen LogP contribution >= 0.6 is 0 Å². The van der Waals surface area contributed by atoms with E-state index in [2.05, 4.69) is 0 Å². The molecule has 0 saturated carbocycles. The van der Waals surface area contributed by atoms with Crippen molar-refractivity contribution in [2.75, 3.05) is 11.5 Å². The second-order valence-electron chi connectivity index (χ2n) is 3.61. The van der Waals surface area contributed by atoms with Crippen LogP contribution in [-0.4, -0.2) is 8.42 Å². The number of benzene rings is 2. The number of hydrogen-bond donors (Lipinski definition) is 2. The molecule has 0 fully saturated rings. The van der Waals surface area contributed by atoms with Gasteiger partial charge in [0.2, 0.25) is 9.84 Å². The molecule has 0 unspecified atom stereocenters. The summed E-state index contributed by atoms with van der Waals surface area (Å²) in [6.07, 6.45) is 0. The minimum absolute atomic E-state index is 0.149. The maximum Gasteiger partial charge on any atom is 0.206 e. The van der Waals surface area contributed by atoms with Gasteiger partial charge in [-0.3, -0.25) is 0 Å². The number of rotatable bonds is 2. The molecule has 4 N–H and O–H groups in total. The molecule has 2 rings (SSSR count). The molecule has 4 nitrogen and oxygen atoms in total. The van der Waals surface area contributed by atoms with E-state index >= 15 is 0 Å². The molecular formula is C12H12N2O2S. The van der Waals surface area contributed by atoms with Crippen LogP contribution in [0.25, 0.3) is 0 Å². The average Bonchev–Trinajstić information content (AvgIpc) is 2.33. The van der Waals surface area contributed by atoms with Gasteiger partial charge in [-0.2, -0.15) is 0 Å². The number of sulfone groups is 1. The molecule has 0 aliphatic heterocycles. The van der Waals surface area contributed by atoms with Gasteiger partial charge in [0, 0.05) is 0 Å². The molecule has 0 aromatic heterocycles. The summed E-state index contributed by atoms with van der Waals surface area (Å²) in [5.41, 5.74) is 11.8. The van der Waals surface area contributed by atoms with Gasteiger partial charge in [0.15, 0.2) is 0 Å². The topological polar surface area (TPSA) is 86.2 Å². The van der Waals surface area contributed by atoms with Gasteiger partial charge in [-0.05, 0) is 30.3 Å². The summed E-state index contributed by atoms with van der Waals surface area (Å²) in [5, 5.41) is 0. The summed E-state index contributed by atoms with van der Waals surface area (Å²) in [5.74, 6) is 0. The number of nitrogen functional groups attached to an aromatic ring is 2. The molecule has 0 bridgehead atoms. The van der Waals surface area contributed by atoms with E-state index < -0.39 is 9.84 Å². The van der Waals surface area contributed by atoms with E-state index in [1.165, 1.54) is 18.2 Å². The van der Waals surface area contributed by atoms with E-state index in [0.717, 1.165) is 0 Å². The molecule has 0 heterocycles. The summed E-state index contributed by atoms with van der Waals surface area (Å²) in [6.45, 7) is 0. The van der Waals surface area contributed by atoms with Gasteiger partial charge < -0.3 is 11.5 Å². The third-order valence-electron chi connectivity index (χ3n) is 2.42. The molecule has 17 heavy (non-hydrogen) atoms. The zero-order valence-electron chi connectivity index (χ0n) is 9.00. The molecule has 88 valence electrons. The lowest BCUT2D eigenvalue weighted by Crippen LogP contribution is -2.03. The normalized spacial score (nSPS) is 11.3. The first kappa shape index (κ1) is 11.5. The van der Waals surface area contributed by atoms with Crippen LogP contribution < -0.4 is 11.5 Å². The van der Waals surface area contributed by atoms with Crippen molar-refractivity contribution in [1.82, 2.24) is 0 Å². The average molecular weight is 248 g/mol. The summed E-state index contributed by atoms with van der Waals surface area (Å²) < 4.78 is 24.4. The first-order chi connectivity index (χ1) is 8.01. The maximum absolute atomic E-state index is 12.2. The summed E-state index contributed by atoms with van der Waals surface area (Å²) in [4.78, 5) is 0.388. The fourth-order valence-corrected chi connectivity index (χ4v) is 2.77. The van der Waals surface area contributed by atoms with Crippen LogP contribution in [0.2, 0.25) is 0 Å². The van der Waals surface area contributed by atoms with Crippen molar-refractivity contribution < 1.29 is 8.42 Å². The Balaban J connectivity index is 2.57. The van der Waals surface area contributed by atoms with Gasteiger partial charge in [0.1, 0.15) is 0 Å². The largest absolute Gasteiger partial charge is 0.397 e. The highest BCUT2D eigenvalue weighted by atomic mass is 32.2. The molecule has 0 atom stereocenters. The van der Waals surface area contributed by atoms with Crippen molar-refractivity contribution in [1.29, 1.82) is 0 Å². The van der Waals surface area contributed by atoms with E-state index in [1.807, 2.05) is 0 Å². The van der Waals surface area contributed by atoms with E-state index in [0.29, 0.717) is 5.69 Å². The van der Waals surface area contributed by atoms with Crippen molar-refractivity contribution in [3.05, 3.63) is 48.5 Å². The number of anilines is 2. The van der Waals surface area contributed by atoms with Crippen LogP contribution in [0.5, 0.6) is 0 Å². The lowest BCUT2D eigenvalue weighted by atomic mass is 10.3. The highest BCUT2D eigenvalue weighted by molar-refractivity contribution is 7.91. The quantitative estimate of drug-likeness (QED) is 0.792. The minimum Gasteiger partial charge on any atom is -0.397 e. The molecule has 0 spiro atoms. The molecule has 5 heteroatoms. The van der Waals surface area contributed by atoms with Crippen molar-refractivity contribution in [3.8, 4) is 0 Å². The SMILES string of the molecule is Nc1ccc(S(=O)(=O)c2ccccc2)cc1N. The lowest BCUT2D eigenvalue weighted by molar-refractivity contribution is 0.596.